The van der Waals surface area contributed by atoms with Crippen LogP contribution in [0.2, 0.25) is 0 Å². The third kappa shape index (κ3) is 3.18. The Bertz CT molecular complexity index is 995. The lowest BCUT2D eigenvalue weighted by Gasteiger charge is -2.11. The van der Waals surface area contributed by atoms with Gasteiger partial charge in [-0.25, -0.2) is 13.8 Å². The first-order valence-corrected chi connectivity index (χ1v) is 8.58. The highest BCUT2D eigenvalue weighted by Gasteiger charge is 2.23. The third-order valence-corrected chi connectivity index (χ3v) is 4.58. The average Bonchev–Trinajstić information content (AvgIpc) is 2.98. The van der Waals surface area contributed by atoms with Crippen molar-refractivity contribution in [2.24, 2.45) is 0 Å². The molecule has 1 amide bonds. The van der Waals surface area contributed by atoms with Gasteiger partial charge in [-0.2, -0.15) is 0 Å². The summed E-state index contributed by atoms with van der Waals surface area (Å²) in [5.41, 5.74) is 2.02. The number of anilines is 1. The molecule has 0 atom stereocenters. The van der Waals surface area contributed by atoms with E-state index < -0.39 is 23.1 Å². The fourth-order valence-corrected chi connectivity index (χ4v) is 3.37. The number of nitrogens with zero attached hydrogens (tertiary/aromatic N) is 3. The van der Waals surface area contributed by atoms with Crippen LogP contribution in [-0.2, 0) is 12.8 Å². The Balaban J connectivity index is 1.59. The molecule has 0 bridgehead atoms. The van der Waals surface area contributed by atoms with Crippen molar-refractivity contribution in [3.05, 3.63) is 59.1 Å². The van der Waals surface area contributed by atoms with E-state index in [-0.39, 0.29) is 5.82 Å². The summed E-state index contributed by atoms with van der Waals surface area (Å²) >= 11 is 0. The fraction of sp³-hybridized carbons (Fsp3) is 0.263. The first-order valence-electron chi connectivity index (χ1n) is 8.58. The Morgan fingerprint density at radius 2 is 1.81 bits per heavy atom. The molecule has 1 aliphatic rings. The van der Waals surface area contributed by atoms with E-state index in [1.165, 1.54) is 12.4 Å². The van der Waals surface area contributed by atoms with Crippen LogP contribution in [0.15, 0.2) is 29.2 Å². The monoisotopic (exact) mass is 370 g/mol. The normalized spacial score (nSPS) is 13.3. The molecular weight excluding hydrogens is 354 g/mol. The van der Waals surface area contributed by atoms with Crippen LogP contribution in [0.1, 0.15) is 40.3 Å². The second-order valence-corrected chi connectivity index (χ2v) is 6.36. The molecule has 3 aromatic heterocycles. The zero-order valence-electron chi connectivity index (χ0n) is 14.6. The SMILES string of the molecule is Cc1oc2c(c1-c1cnc(NC(=O)c3c(F)cncc3F)cn1)CCCC2. The summed E-state index contributed by atoms with van der Waals surface area (Å²) in [6, 6.07) is 0. The minimum absolute atomic E-state index is 0.0920. The number of halogens is 2. The van der Waals surface area contributed by atoms with Crippen LogP contribution in [0, 0.1) is 18.6 Å². The highest BCUT2D eigenvalue weighted by molar-refractivity contribution is 6.04. The number of hydrogen-bond acceptors (Lipinski definition) is 5. The highest BCUT2D eigenvalue weighted by atomic mass is 19.1. The first-order chi connectivity index (χ1) is 13.0. The maximum atomic E-state index is 13.6. The molecule has 4 rings (SSSR count). The zero-order chi connectivity index (χ0) is 19.0. The first kappa shape index (κ1) is 17.3. The molecule has 1 N–H and O–H groups in total. The number of pyridine rings is 1. The summed E-state index contributed by atoms with van der Waals surface area (Å²) in [5, 5.41) is 2.35. The maximum absolute atomic E-state index is 13.6. The Kier molecular flexibility index (Phi) is 4.39. The number of aromatic nitrogens is 3. The van der Waals surface area contributed by atoms with Crippen molar-refractivity contribution in [1.82, 2.24) is 15.0 Å². The van der Waals surface area contributed by atoms with E-state index in [4.69, 9.17) is 4.42 Å². The molecule has 3 aromatic rings. The summed E-state index contributed by atoms with van der Waals surface area (Å²) in [7, 11) is 0. The van der Waals surface area contributed by atoms with Crippen molar-refractivity contribution in [3.63, 3.8) is 0 Å². The van der Waals surface area contributed by atoms with E-state index in [1.54, 1.807) is 0 Å². The van der Waals surface area contributed by atoms with E-state index in [2.05, 4.69) is 20.3 Å². The minimum Gasteiger partial charge on any atom is -0.465 e. The molecule has 0 spiro atoms. The summed E-state index contributed by atoms with van der Waals surface area (Å²) < 4.78 is 33.1. The summed E-state index contributed by atoms with van der Waals surface area (Å²) in [6.45, 7) is 1.89. The van der Waals surface area contributed by atoms with Crippen molar-refractivity contribution < 1.29 is 18.0 Å². The van der Waals surface area contributed by atoms with Crippen LogP contribution >= 0.6 is 0 Å². The lowest BCUT2D eigenvalue weighted by molar-refractivity contribution is 0.101. The summed E-state index contributed by atoms with van der Waals surface area (Å²) in [4.78, 5) is 24.0. The van der Waals surface area contributed by atoms with Gasteiger partial charge in [-0.15, -0.1) is 0 Å². The van der Waals surface area contributed by atoms with Gasteiger partial charge in [0.05, 0.1) is 30.5 Å². The molecule has 0 fully saturated rings. The molecule has 0 saturated carbocycles. The largest absolute Gasteiger partial charge is 0.465 e. The van der Waals surface area contributed by atoms with Gasteiger partial charge in [0.15, 0.2) is 17.5 Å². The number of furan rings is 1. The van der Waals surface area contributed by atoms with Crippen LogP contribution in [0.4, 0.5) is 14.6 Å². The van der Waals surface area contributed by atoms with Crippen molar-refractivity contribution in [1.29, 1.82) is 0 Å². The van der Waals surface area contributed by atoms with Gasteiger partial charge >= 0.3 is 0 Å². The molecule has 8 heteroatoms. The summed E-state index contributed by atoms with van der Waals surface area (Å²) in [5.74, 6) is -1.17. The molecule has 0 saturated heterocycles. The number of amides is 1. The van der Waals surface area contributed by atoms with Crippen molar-refractivity contribution in [2.45, 2.75) is 32.6 Å². The maximum Gasteiger partial charge on any atom is 0.262 e. The van der Waals surface area contributed by atoms with Gasteiger partial charge in [0.25, 0.3) is 5.91 Å². The average molecular weight is 370 g/mol. The predicted octanol–water partition coefficient (Wildman–Crippen LogP) is 3.85. The smallest absolute Gasteiger partial charge is 0.262 e. The molecule has 6 nitrogen and oxygen atoms in total. The number of carbonyl (C=O) groups is 1. The Labute approximate surface area is 153 Å². The van der Waals surface area contributed by atoms with Gasteiger partial charge in [-0.1, -0.05) is 0 Å². The molecule has 138 valence electrons. The van der Waals surface area contributed by atoms with Crippen LogP contribution in [0.5, 0.6) is 0 Å². The lowest BCUT2D eigenvalue weighted by atomic mass is 9.93. The highest BCUT2D eigenvalue weighted by Crippen LogP contribution is 2.35. The number of aryl methyl sites for hydroxylation is 2. The molecule has 3 heterocycles. The molecule has 1 aliphatic carbocycles. The second kappa shape index (κ2) is 6.86. The van der Waals surface area contributed by atoms with E-state index in [0.717, 1.165) is 60.7 Å². The van der Waals surface area contributed by atoms with Gasteiger partial charge < -0.3 is 9.73 Å². The van der Waals surface area contributed by atoms with Gasteiger partial charge in [0.1, 0.15) is 17.1 Å². The predicted molar refractivity (Wildman–Crippen MR) is 93.2 cm³/mol. The zero-order valence-corrected chi connectivity index (χ0v) is 14.6. The molecule has 27 heavy (non-hydrogen) atoms. The van der Waals surface area contributed by atoms with Gasteiger partial charge in [-0.3, -0.25) is 14.8 Å². The molecular formula is C19H16F2N4O2. The van der Waals surface area contributed by atoms with E-state index in [1.807, 2.05) is 6.92 Å². The van der Waals surface area contributed by atoms with Crippen LogP contribution in [0.25, 0.3) is 11.3 Å². The number of hydrogen-bond donors (Lipinski definition) is 1. The quantitative estimate of drug-likeness (QED) is 0.757. The Morgan fingerprint density at radius 3 is 2.52 bits per heavy atom. The van der Waals surface area contributed by atoms with Crippen molar-refractivity contribution >= 4 is 11.7 Å². The van der Waals surface area contributed by atoms with Crippen LogP contribution < -0.4 is 5.32 Å². The molecule has 0 radical (unpaired) electrons. The van der Waals surface area contributed by atoms with E-state index >= 15 is 0 Å². The topological polar surface area (TPSA) is 80.9 Å². The van der Waals surface area contributed by atoms with Crippen LogP contribution in [0.3, 0.4) is 0 Å². The lowest BCUT2D eigenvalue weighted by Crippen LogP contribution is -2.17. The van der Waals surface area contributed by atoms with Crippen molar-refractivity contribution in [3.8, 4) is 11.3 Å². The number of rotatable bonds is 3. The number of fused-ring (bicyclic) bond motifs is 1. The van der Waals surface area contributed by atoms with Gasteiger partial charge in [0, 0.05) is 17.5 Å². The second-order valence-electron chi connectivity index (χ2n) is 6.36. The molecule has 0 aromatic carbocycles. The fourth-order valence-electron chi connectivity index (χ4n) is 3.37. The van der Waals surface area contributed by atoms with E-state index in [0.29, 0.717) is 5.69 Å². The van der Waals surface area contributed by atoms with E-state index in [9.17, 15) is 13.6 Å². The standard InChI is InChI=1S/C19H16F2N4O2/c1-10-17(11-4-2-3-5-15(11)27-10)14-8-24-16(9-23-14)25-19(26)18-12(20)6-22-7-13(18)21/h6-9H,2-5H2,1H3,(H,24,25,26). The number of carbonyl (C=O) groups excluding carboxylic acids is 1. The van der Waals surface area contributed by atoms with Crippen molar-refractivity contribution in [2.75, 3.05) is 5.32 Å². The summed E-state index contributed by atoms with van der Waals surface area (Å²) in [6.07, 6.45) is 8.48. The Hall–Kier alpha value is -3.16. The van der Waals surface area contributed by atoms with Gasteiger partial charge in [0.2, 0.25) is 0 Å². The van der Waals surface area contributed by atoms with Gasteiger partial charge in [-0.05, 0) is 26.2 Å². The molecule has 0 aliphatic heterocycles. The third-order valence-electron chi connectivity index (χ3n) is 4.58. The number of nitrogens with one attached hydrogen (secondary N) is 1. The Morgan fingerprint density at radius 1 is 1.07 bits per heavy atom. The molecule has 0 unspecified atom stereocenters. The minimum atomic E-state index is -1.04. The van der Waals surface area contributed by atoms with Crippen LogP contribution in [-0.4, -0.2) is 20.9 Å².